The number of para-hydroxylation sites is 1. The molecular weight excluding hydrogens is 342 g/mol. The third kappa shape index (κ3) is 3.30. The largest absolute Gasteiger partial charge is 0.497 e. The number of methoxy groups -OCH3 is 1. The van der Waals surface area contributed by atoms with Gasteiger partial charge in [0.05, 0.1) is 12.8 Å². The lowest BCUT2D eigenvalue weighted by molar-refractivity contribution is 0.415. The van der Waals surface area contributed by atoms with Crippen LogP contribution in [0.3, 0.4) is 0 Å². The standard InChI is InChI=1S/C21H17N3OS/c1-25-18-12-10-16(11-13-18)19-15-26-21(23-20-9-5-6-14-22-20)24(19)17-7-3-2-4-8-17/h2-15H,1H3. The summed E-state index contributed by atoms with van der Waals surface area (Å²) < 4.78 is 7.43. The fraction of sp³-hybridized carbons (Fsp3) is 0.0476. The molecular formula is C21H17N3OS. The quantitative estimate of drug-likeness (QED) is 0.523. The lowest BCUT2D eigenvalue weighted by atomic mass is 10.1. The lowest BCUT2D eigenvalue weighted by Crippen LogP contribution is -2.13. The third-order valence-corrected chi connectivity index (χ3v) is 4.79. The molecule has 0 radical (unpaired) electrons. The summed E-state index contributed by atoms with van der Waals surface area (Å²) in [6.45, 7) is 0. The molecule has 0 spiro atoms. The Labute approximate surface area is 155 Å². The molecule has 0 aliphatic heterocycles. The molecule has 0 atom stereocenters. The Hall–Kier alpha value is -3.18. The van der Waals surface area contributed by atoms with Gasteiger partial charge < -0.3 is 4.74 Å². The number of hydrogen-bond acceptors (Lipinski definition) is 4. The molecule has 0 amide bonds. The summed E-state index contributed by atoms with van der Waals surface area (Å²) >= 11 is 1.60. The monoisotopic (exact) mass is 359 g/mol. The predicted molar refractivity (Wildman–Crippen MR) is 105 cm³/mol. The number of rotatable bonds is 4. The third-order valence-electron chi connectivity index (χ3n) is 3.97. The molecule has 0 saturated carbocycles. The van der Waals surface area contributed by atoms with Crippen LogP contribution in [0.25, 0.3) is 16.9 Å². The molecule has 0 saturated heterocycles. The Kier molecular flexibility index (Phi) is 4.62. The van der Waals surface area contributed by atoms with Crippen LogP contribution < -0.4 is 9.54 Å². The van der Waals surface area contributed by atoms with E-state index in [1.165, 1.54) is 0 Å². The van der Waals surface area contributed by atoms with E-state index in [4.69, 9.17) is 9.73 Å². The average molecular weight is 359 g/mol. The first-order valence-electron chi connectivity index (χ1n) is 8.21. The number of aromatic nitrogens is 2. The van der Waals surface area contributed by atoms with Crippen molar-refractivity contribution in [2.24, 2.45) is 4.99 Å². The van der Waals surface area contributed by atoms with Crippen molar-refractivity contribution < 1.29 is 4.74 Å². The van der Waals surface area contributed by atoms with Crippen LogP contribution >= 0.6 is 11.3 Å². The van der Waals surface area contributed by atoms with Crippen molar-refractivity contribution in [2.45, 2.75) is 0 Å². The predicted octanol–water partition coefficient (Wildman–Crippen LogP) is 4.84. The minimum atomic E-state index is 0.695. The van der Waals surface area contributed by atoms with Gasteiger partial charge in [-0.15, -0.1) is 11.3 Å². The zero-order valence-corrected chi connectivity index (χ0v) is 15.1. The second-order valence-electron chi connectivity index (χ2n) is 5.60. The molecule has 0 N–H and O–H groups in total. The van der Waals surface area contributed by atoms with Gasteiger partial charge in [-0.2, -0.15) is 0 Å². The van der Waals surface area contributed by atoms with E-state index in [9.17, 15) is 0 Å². The van der Waals surface area contributed by atoms with E-state index in [0.29, 0.717) is 5.82 Å². The number of ether oxygens (including phenoxy) is 1. The van der Waals surface area contributed by atoms with Gasteiger partial charge in [-0.1, -0.05) is 24.3 Å². The number of hydrogen-bond donors (Lipinski definition) is 0. The van der Waals surface area contributed by atoms with Gasteiger partial charge in [0.15, 0.2) is 10.6 Å². The maximum atomic E-state index is 5.27. The molecule has 2 aromatic carbocycles. The van der Waals surface area contributed by atoms with Gasteiger partial charge in [0.25, 0.3) is 0 Å². The lowest BCUT2D eigenvalue weighted by Gasteiger charge is -2.09. The maximum absolute atomic E-state index is 5.27. The van der Waals surface area contributed by atoms with Gasteiger partial charge in [-0.25, -0.2) is 9.98 Å². The summed E-state index contributed by atoms with van der Waals surface area (Å²) in [5, 5.41) is 2.12. The topological polar surface area (TPSA) is 39.4 Å². The van der Waals surface area contributed by atoms with Crippen LogP contribution in [0.1, 0.15) is 0 Å². The number of nitrogens with zero attached hydrogens (tertiary/aromatic N) is 3. The second-order valence-corrected chi connectivity index (χ2v) is 6.44. The summed E-state index contributed by atoms with van der Waals surface area (Å²) in [6.07, 6.45) is 1.75. The van der Waals surface area contributed by atoms with Crippen molar-refractivity contribution in [1.29, 1.82) is 0 Å². The second kappa shape index (κ2) is 7.37. The van der Waals surface area contributed by atoms with Gasteiger partial charge in [0.2, 0.25) is 0 Å². The smallest absolute Gasteiger partial charge is 0.196 e. The molecule has 2 heterocycles. The van der Waals surface area contributed by atoms with Crippen molar-refractivity contribution >= 4 is 17.2 Å². The SMILES string of the molecule is COc1ccc(-c2csc(=Nc3ccccn3)n2-c2ccccc2)cc1. The van der Waals surface area contributed by atoms with Gasteiger partial charge in [0, 0.05) is 17.3 Å². The Morgan fingerprint density at radius 3 is 2.38 bits per heavy atom. The Morgan fingerprint density at radius 1 is 0.923 bits per heavy atom. The van der Waals surface area contributed by atoms with Gasteiger partial charge in [0.1, 0.15) is 5.75 Å². The van der Waals surface area contributed by atoms with Crippen LogP contribution in [0.5, 0.6) is 5.75 Å². The first-order chi connectivity index (χ1) is 12.8. The van der Waals surface area contributed by atoms with Crippen molar-refractivity contribution in [3.63, 3.8) is 0 Å². The molecule has 2 aromatic heterocycles. The summed E-state index contributed by atoms with van der Waals surface area (Å²) in [5.74, 6) is 1.54. The van der Waals surface area contributed by atoms with Gasteiger partial charge in [-0.05, 0) is 54.1 Å². The van der Waals surface area contributed by atoms with E-state index in [2.05, 4.69) is 39.2 Å². The van der Waals surface area contributed by atoms with Crippen molar-refractivity contribution in [3.8, 4) is 22.7 Å². The maximum Gasteiger partial charge on any atom is 0.196 e. The van der Waals surface area contributed by atoms with Crippen LogP contribution in [-0.2, 0) is 0 Å². The minimum Gasteiger partial charge on any atom is -0.497 e. The van der Waals surface area contributed by atoms with Crippen LogP contribution in [0, 0.1) is 0 Å². The highest BCUT2D eigenvalue weighted by Gasteiger charge is 2.10. The molecule has 26 heavy (non-hydrogen) atoms. The van der Waals surface area contributed by atoms with Crippen molar-refractivity contribution in [2.75, 3.05) is 7.11 Å². The summed E-state index contributed by atoms with van der Waals surface area (Å²) in [6, 6.07) is 24.0. The highest BCUT2D eigenvalue weighted by atomic mass is 32.1. The summed E-state index contributed by atoms with van der Waals surface area (Å²) in [5.41, 5.74) is 3.25. The first-order valence-corrected chi connectivity index (χ1v) is 9.09. The number of benzene rings is 2. The molecule has 0 unspecified atom stereocenters. The van der Waals surface area contributed by atoms with Gasteiger partial charge in [-0.3, -0.25) is 4.57 Å². The van der Waals surface area contributed by atoms with E-state index in [1.807, 2.05) is 48.5 Å². The zero-order chi connectivity index (χ0) is 17.8. The molecule has 0 aliphatic carbocycles. The first kappa shape index (κ1) is 16.3. The number of pyridine rings is 1. The average Bonchev–Trinajstić information content (AvgIpc) is 3.13. The Balaban J connectivity index is 1.91. The number of thiazole rings is 1. The van der Waals surface area contributed by atoms with Crippen LogP contribution in [0.15, 0.2) is 89.4 Å². The van der Waals surface area contributed by atoms with E-state index < -0.39 is 0 Å². The molecule has 4 aromatic rings. The normalized spacial score (nSPS) is 11.5. The molecule has 128 valence electrons. The van der Waals surface area contributed by atoms with Gasteiger partial charge >= 0.3 is 0 Å². The van der Waals surface area contributed by atoms with Crippen molar-refractivity contribution in [1.82, 2.24) is 9.55 Å². The van der Waals surface area contributed by atoms with E-state index >= 15 is 0 Å². The van der Waals surface area contributed by atoms with E-state index in [1.54, 1.807) is 24.6 Å². The van der Waals surface area contributed by atoms with E-state index in [0.717, 1.165) is 27.5 Å². The summed E-state index contributed by atoms with van der Waals surface area (Å²) in [4.78, 5) is 9.94. The molecule has 5 heteroatoms. The molecule has 0 fully saturated rings. The zero-order valence-electron chi connectivity index (χ0n) is 14.2. The highest BCUT2D eigenvalue weighted by molar-refractivity contribution is 7.07. The summed E-state index contributed by atoms with van der Waals surface area (Å²) in [7, 11) is 1.67. The van der Waals surface area contributed by atoms with E-state index in [-0.39, 0.29) is 0 Å². The molecule has 4 rings (SSSR count). The Bertz CT molecular complexity index is 1050. The fourth-order valence-electron chi connectivity index (χ4n) is 2.70. The molecule has 0 bridgehead atoms. The van der Waals surface area contributed by atoms with Crippen LogP contribution in [0.4, 0.5) is 5.82 Å². The van der Waals surface area contributed by atoms with Crippen molar-refractivity contribution in [3.05, 3.63) is 89.2 Å². The fourth-order valence-corrected chi connectivity index (χ4v) is 3.61. The molecule has 4 nitrogen and oxygen atoms in total. The van der Waals surface area contributed by atoms with Crippen LogP contribution in [-0.4, -0.2) is 16.7 Å². The van der Waals surface area contributed by atoms with Crippen LogP contribution in [0.2, 0.25) is 0 Å². The minimum absolute atomic E-state index is 0.695. The Morgan fingerprint density at radius 2 is 1.69 bits per heavy atom. The highest BCUT2D eigenvalue weighted by Crippen LogP contribution is 2.25. The molecule has 0 aliphatic rings.